The van der Waals surface area contributed by atoms with Gasteiger partial charge >= 0.3 is 6.03 Å². The van der Waals surface area contributed by atoms with Crippen LogP contribution in [0.2, 0.25) is 0 Å². The van der Waals surface area contributed by atoms with Crippen molar-refractivity contribution in [2.75, 3.05) is 32.7 Å². The van der Waals surface area contributed by atoms with E-state index >= 15 is 0 Å². The van der Waals surface area contributed by atoms with Crippen molar-refractivity contribution in [3.63, 3.8) is 0 Å². The van der Waals surface area contributed by atoms with Crippen LogP contribution in [0.1, 0.15) is 58.8 Å². The standard InChI is InChI=1S/C19H37N3O2/c1-15-10-16(2)14-22(13-15)9-4-3-8-20-19(24)21-12-17-6-5-7-18(23)11-17/h15-18,23H,3-14H2,1-2H3,(H2,20,21,24). The molecule has 0 radical (unpaired) electrons. The monoisotopic (exact) mass is 339 g/mol. The number of piperidine rings is 1. The average Bonchev–Trinajstić information content (AvgIpc) is 2.52. The van der Waals surface area contributed by atoms with Crippen molar-refractivity contribution in [2.24, 2.45) is 17.8 Å². The summed E-state index contributed by atoms with van der Waals surface area (Å²) >= 11 is 0. The zero-order valence-electron chi connectivity index (χ0n) is 15.6. The molecule has 1 aliphatic carbocycles. The van der Waals surface area contributed by atoms with E-state index < -0.39 is 0 Å². The SMILES string of the molecule is CC1CC(C)CN(CCCCNC(=O)NCC2CCCC(O)C2)C1. The molecule has 5 heteroatoms. The summed E-state index contributed by atoms with van der Waals surface area (Å²) in [6.07, 6.45) is 7.30. The number of urea groups is 1. The van der Waals surface area contributed by atoms with Crippen LogP contribution in [0.3, 0.4) is 0 Å². The molecule has 2 aliphatic rings. The Labute approximate surface area is 147 Å². The Balaban J connectivity index is 1.47. The Kier molecular flexibility index (Phi) is 8.33. The summed E-state index contributed by atoms with van der Waals surface area (Å²) < 4.78 is 0. The molecule has 1 aliphatic heterocycles. The molecule has 0 spiro atoms. The van der Waals surface area contributed by atoms with E-state index in [4.69, 9.17) is 0 Å². The lowest BCUT2D eigenvalue weighted by molar-refractivity contribution is 0.101. The van der Waals surface area contributed by atoms with Gasteiger partial charge < -0.3 is 20.6 Å². The molecule has 140 valence electrons. The van der Waals surface area contributed by atoms with Crippen molar-refractivity contribution in [1.82, 2.24) is 15.5 Å². The van der Waals surface area contributed by atoms with Crippen LogP contribution in [0, 0.1) is 17.8 Å². The van der Waals surface area contributed by atoms with E-state index in [1.807, 2.05) is 0 Å². The maximum atomic E-state index is 11.8. The Hall–Kier alpha value is -0.810. The molecule has 2 amide bonds. The molecular formula is C19H37N3O2. The van der Waals surface area contributed by atoms with Crippen LogP contribution in [-0.2, 0) is 0 Å². The average molecular weight is 340 g/mol. The fourth-order valence-corrected chi connectivity index (χ4v) is 4.38. The molecule has 0 aromatic heterocycles. The van der Waals surface area contributed by atoms with Crippen molar-refractivity contribution in [3.05, 3.63) is 0 Å². The van der Waals surface area contributed by atoms with Crippen LogP contribution in [0.5, 0.6) is 0 Å². The van der Waals surface area contributed by atoms with E-state index in [1.54, 1.807) is 0 Å². The van der Waals surface area contributed by atoms with Crippen LogP contribution in [0.15, 0.2) is 0 Å². The number of amides is 2. The fourth-order valence-electron chi connectivity index (χ4n) is 4.38. The van der Waals surface area contributed by atoms with Gasteiger partial charge in [0.1, 0.15) is 0 Å². The van der Waals surface area contributed by atoms with Crippen molar-refractivity contribution in [2.45, 2.75) is 64.9 Å². The third kappa shape index (κ3) is 7.39. The van der Waals surface area contributed by atoms with E-state index in [0.717, 1.165) is 63.5 Å². The normalized spacial score (nSPS) is 31.6. The first-order valence-electron chi connectivity index (χ1n) is 9.95. The summed E-state index contributed by atoms with van der Waals surface area (Å²) in [7, 11) is 0. The minimum atomic E-state index is -0.172. The number of hydrogen-bond acceptors (Lipinski definition) is 3. The molecule has 4 unspecified atom stereocenters. The molecule has 1 heterocycles. The van der Waals surface area contributed by atoms with Crippen LogP contribution < -0.4 is 10.6 Å². The summed E-state index contributed by atoms with van der Waals surface area (Å²) in [5.74, 6) is 2.06. The first kappa shape index (κ1) is 19.5. The second-order valence-corrected chi connectivity index (χ2v) is 8.24. The number of hydrogen-bond donors (Lipinski definition) is 3. The van der Waals surface area contributed by atoms with Crippen LogP contribution >= 0.6 is 0 Å². The maximum Gasteiger partial charge on any atom is 0.314 e. The number of aliphatic hydroxyl groups excluding tert-OH is 1. The highest BCUT2D eigenvalue weighted by molar-refractivity contribution is 5.73. The summed E-state index contributed by atoms with van der Waals surface area (Å²) in [6.45, 7) is 9.74. The first-order chi connectivity index (χ1) is 11.5. The van der Waals surface area contributed by atoms with Gasteiger partial charge in [0.15, 0.2) is 0 Å². The summed E-state index contributed by atoms with van der Waals surface area (Å²) in [5.41, 5.74) is 0. The first-order valence-corrected chi connectivity index (χ1v) is 9.95. The number of unbranched alkanes of at least 4 members (excludes halogenated alkanes) is 1. The maximum absolute atomic E-state index is 11.8. The number of likely N-dealkylation sites (tertiary alicyclic amines) is 1. The highest BCUT2D eigenvalue weighted by Crippen LogP contribution is 2.23. The number of aliphatic hydroxyl groups is 1. The Bertz CT molecular complexity index is 368. The highest BCUT2D eigenvalue weighted by atomic mass is 16.3. The quantitative estimate of drug-likeness (QED) is 0.625. The Morgan fingerprint density at radius 3 is 2.54 bits per heavy atom. The Morgan fingerprint density at radius 2 is 1.83 bits per heavy atom. The summed E-state index contributed by atoms with van der Waals surface area (Å²) in [6, 6.07) is -0.0599. The Morgan fingerprint density at radius 1 is 1.08 bits per heavy atom. The molecule has 2 fully saturated rings. The largest absolute Gasteiger partial charge is 0.393 e. The molecule has 1 saturated heterocycles. The van der Waals surface area contributed by atoms with Crippen LogP contribution in [0.25, 0.3) is 0 Å². The van der Waals surface area contributed by atoms with E-state index in [0.29, 0.717) is 12.5 Å². The van der Waals surface area contributed by atoms with Gasteiger partial charge in [-0.05, 0) is 62.8 Å². The van der Waals surface area contributed by atoms with Crippen molar-refractivity contribution < 1.29 is 9.90 Å². The minimum absolute atomic E-state index is 0.0599. The number of nitrogens with one attached hydrogen (secondary N) is 2. The van der Waals surface area contributed by atoms with Crippen LogP contribution in [0.4, 0.5) is 4.79 Å². The van der Waals surface area contributed by atoms with Crippen molar-refractivity contribution >= 4 is 6.03 Å². The van der Waals surface area contributed by atoms with Gasteiger partial charge in [-0.25, -0.2) is 4.79 Å². The molecule has 0 aromatic rings. The molecule has 4 atom stereocenters. The smallest absolute Gasteiger partial charge is 0.314 e. The van der Waals surface area contributed by atoms with Gasteiger partial charge in [0.25, 0.3) is 0 Å². The fraction of sp³-hybridized carbons (Fsp3) is 0.947. The van der Waals surface area contributed by atoms with E-state index in [-0.39, 0.29) is 12.1 Å². The zero-order chi connectivity index (χ0) is 17.4. The lowest BCUT2D eigenvalue weighted by Gasteiger charge is -2.34. The third-order valence-electron chi connectivity index (χ3n) is 5.44. The summed E-state index contributed by atoms with van der Waals surface area (Å²) in [4.78, 5) is 14.4. The molecule has 0 bridgehead atoms. The number of carbonyl (C=O) groups is 1. The molecule has 0 aromatic carbocycles. The summed E-state index contributed by atoms with van der Waals surface area (Å²) in [5, 5.41) is 15.6. The number of nitrogens with zero attached hydrogens (tertiary/aromatic N) is 1. The van der Waals surface area contributed by atoms with Gasteiger partial charge in [-0.15, -0.1) is 0 Å². The molecule has 5 nitrogen and oxygen atoms in total. The van der Waals surface area contributed by atoms with Crippen LogP contribution in [-0.4, -0.2) is 54.9 Å². The van der Waals surface area contributed by atoms with Gasteiger partial charge in [0.2, 0.25) is 0 Å². The second kappa shape index (κ2) is 10.2. The van der Waals surface area contributed by atoms with Gasteiger partial charge in [0.05, 0.1) is 6.10 Å². The molecular weight excluding hydrogens is 302 g/mol. The zero-order valence-corrected chi connectivity index (χ0v) is 15.6. The highest BCUT2D eigenvalue weighted by Gasteiger charge is 2.21. The molecule has 2 rings (SSSR count). The molecule has 3 N–H and O–H groups in total. The molecule has 1 saturated carbocycles. The number of carbonyl (C=O) groups excluding carboxylic acids is 1. The van der Waals surface area contributed by atoms with E-state index in [9.17, 15) is 9.90 Å². The third-order valence-corrected chi connectivity index (χ3v) is 5.44. The second-order valence-electron chi connectivity index (χ2n) is 8.24. The van der Waals surface area contributed by atoms with Gasteiger partial charge in [-0.1, -0.05) is 20.3 Å². The predicted octanol–water partition coefficient (Wildman–Crippen LogP) is 2.59. The lowest BCUT2D eigenvalue weighted by Crippen LogP contribution is -2.40. The van der Waals surface area contributed by atoms with Gasteiger partial charge in [-0.3, -0.25) is 0 Å². The number of rotatable bonds is 7. The topological polar surface area (TPSA) is 64.6 Å². The molecule has 24 heavy (non-hydrogen) atoms. The van der Waals surface area contributed by atoms with Crippen molar-refractivity contribution in [1.29, 1.82) is 0 Å². The van der Waals surface area contributed by atoms with E-state index in [2.05, 4.69) is 29.4 Å². The predicted molar refractivity (Wildman–Crippen MR) is 98.0 cm³/mol. The van der Waals surface area contributed by atoms with E-state index in [1.165, 1.54) is 19.5 Å². The van der Waals surface area contributed by atoms with Crippen molar-refractivity contribution in [3.8, 4) is 0 Å². The van der Waals surface area contributed by atoms with Gasteiger partial charge in [-0.2, -0.15) is 0 Å². The lowest BCUT2D eigenvalue weighted by atomic mass is 9.87. The minimum Gasteiger partial charge on any atom is -0.393 e. The van der Waals surface area contributed by atoms with Gasteiger partial charge in [0, 0.05) is 26.2 Å².